The van der Waals surface area contributed by atoms with Gasteiger partial charge < -0.3 is 0 Å². The molecule has 0 aromatic carbocycles. The van der Waals surface area contributed by atoms with Gasteiger partial charge in [0.05, 0.1) is 0 Å². The Kier molecular flexibility index (Phi) is 8.68. The van der Waals surface area contributed by atoms with Crippen LogP contribution in [0.4, 0.5) is 0 Å². The van der Waals surface area contributed by atoms with Crippen LogP contribution in [0.3, 0.4) is 0 Å². The van der Waals surface area contributed by atoms with Crippen molar-refractivity contribution in [3.63, 3.8) is 0 Å². The van der Waals surface area contributed by atoms with Gasteiger partial charge in [-0.15, -0.1) is 0 Å². The molecule has 0 amide bonds. The van der Waals surface area contributed by atoms with Crippen molar-refractivity contribution < 1.29 is 20.8 Å². The van der Waals surface area contributed by atoms with Crippen molar-refractivity contribution in [1.82, 2.24) is 0 Å². The van der Waals surface area contributed by atoms with Crippen LogP contribution in [0.5, 0.6) is 0 Å². The minimum atomic E-state index is -0.826. The van der Waals surface area contributed by atoms with E-state index in [0.717, 1.165) is 6.42 Å². The van der Waals surface area contributed by atoms with E-state index in [1.165, 1.54) is 0 Å². The van der Waals surface area contributed by atoms with E-state index in [9.17, 15) is 0 Å². The molecular formula is C11H18Cl2Zr. The van der Waals surface area contributed by atoms with E-state index in [2.05, 4.69) is 39.8 Å². The van der Waals surface area contributed by atoms with Gasteiger partial charge in [0.25, 0.3) is 0 Å². The molecule has 0 bridgehead atoms. The van der Waals surface area contributed by atoms with Crippen molar-refractivity contribution in [3.05, 3.63) is 23.3 Å². The average molecular weight is 312 g/mol. The summed E-state index contributed by atoms with van der Waals surface area (Å²) in [5.41, 5.74) is 3.14. The van der Waals surface area contributed by atoms with E-state index in [1.54, 1.807) is 11.1 Å². The molecule has 80 valence electrons. The average Bonchev–Trinajstić information content (AvgIpc) is 2.52. The molecule has 0 unspecified atom stereocenters. The molecule has 14 heavy (non-hydrogen) atoms. The molecule has 0 heterocycles. The minimum absolute atomic E-state index is 0.700. The number of rotatable bonds is 2. The van der Waals surface area contributed by atoms with Gasteiger partial charge in [0, 0.05) is 0 Å². The molecule has 0 spiro atoms. The van der Waals surface area contributed by atoms with Gasteiger partial charge in [-0.25, -0.2) is 0 Å². The molecule has 0 saturated carbocycles. The molecular weight excluding hydrogens is 294 g/mol. The van der Waals surface area contributed by atoms with Crippen LogP contribution in [0, 0.1) is 11.8 Å². The molecule has 0 aromatic heterocycles. The summed E-state index contributed by atoms with van der Waals surface area (Å²) in [6, 6.07) is 0. The number of hydrogen-bond donors (Lipinski definition) is 0. The molecule has 0 N–H and O–H groups in total. The molecule has 1 rings (SSSR count). The quantitative estimate of drug-likeness (QED) is 0.678. The van der Waals surface area contributed by atoms with Crippen molar-refractivity contribution in [2.24, 2.45) is 11.8 Å². The Labute approximate surface area is 106 Å². The van der Waals surface area contributed by atoms with Crippen LogP contribution in [0.25, 0.3) is 0 Å². The molecule has 0 aliphatic heterocycles. The molecule has 0 aromatic rings. The van der Waals surface area contributed by atoms with E-state index in [-0.39, 0.29) is 0 Å². The number of allylic oxidation sites excluding steroid dienone is 4. The van der Waals surface area contributed by atoms with Gasteiger partial charge in [-0.1, -0.05) is 39.8 Å². The Morgan fingerprint density at radius 3 is 1.50 bits per heavy atom. The summed E-state index contributed by atoms with van der Waals surface area (Å²) in [6.45, 7) is 9.08. The Bertz CT molecular complexity index is 195. The summed E-state index contributed by atoms with van der Waals surface area (Å²) in [4.78, 5) is 0. The fourth-order valence-corrected chi connectivity index (χ4v) is 1.69. The second-order valence-electron chi connectivity index (χ2n) is 3.94. The van der Waals surface area contributed by atoms with Gasteiger partial charge in [-0.2, -0.15) is 0 Å². The molecule has 0 fully saturated rings. The number of hydrogen-bond acceptors (Lipinski definition) is 0. The summed E-state index contributed by atoms with van der Waals surface area (Å²) in [5, 5.41) is 0. The maximum absolute atomic E-state index is 4.93. The Morgan fingerprint density at radius 2 is 1.29 bits per heavy atom. The maximum atomic E-state index is 4.93. The van der Waals surface area contributed by atoms with Gasteiger partial charge in [0.1, 0.15) is 0 Å². The third-order valence-electron chi connectivity index (χ3n) is 2.25. The van der Waals surface area contributed by atoms with E-state index >= 15 is 0 Å². The molecule has 3 heteroatoms. The first-order valence-corrected chi connectivity index (χ1v) is 11.2. The van der Waals surface area contributed by atoms with Crippen molar-refractivity contribution in [1.29, 1.82) is 0 Å². The monoisotopic (exact) mass is 310 g/mol. The Morgan fingerprint density at radius 1 is 1.00 bits per heavy atom. The van der Waals surface area contributed by atoms with E-state index in [4.69, 9.17) is 17.0 Å². The van der Waals surface area contributed by atoms with Crippen LogP contribution in [-0.4, -0.2) is 0 Å². The normalized spacial score (nSPS) is 14.9. The van der Waals surface area contributed by atoms with Crippen LogP contribution < -0.4 is 0 Å². The molecule has 0 nitrogen and oxygen atoms in total. The second kappa shape index (κ2) is 8.14. The van der Waals surface area contributed by atoms with Crippen molar-refractivity contribution >= 4 is 17.0 Å². The van der Waals surface area contributed by atoms with E-state index in [1.807, 2.05) is 0 Å². The molecule has 0 radical (unpaired) electrons. The fraction of sp³-hybridized carbons (Fsp3) is 0.636. The van der Waals surface area contributed by atoms with Crippen LogP contribution in [0.15, 0.2) is 23.3 Å². The predicted molar refractivity (Wildman–Crippen MR) is 62.2 cm³/mol. The van der Waals surface area contributed by atoms with Crippen LogP contribution >= 0.6 is 17.0 Å². The first-order valence-electron chi connectivity index (χ1n) is 4.91. The topological polar surface area (TPSA) is 0 Å². The van der Waals surface area contributed by atoms with Gasteiger partial charge in [0.2, 0.25) is 0 Å². The summed E-state index contributed by atoms with van der Waals surface area (Å²) < 4.78 is 0. The summed E-state index contributed by atoms with van der Waals surface area (Å²) in [7, 11) is 9.87. The fourth-order valence-electron chi connectivity index (χ4n) is 1.69. The zero-order chi connectivity index (χ0) is 11.1. The first kappa shape index (κ1) is 14.9. The van der Waals surface area contributed by atoms with E-state index < -0.39 is 20.8 Å². The Balaban J connectivity index is 0.000000500. The second-order valence-corrected chi connectivity index (χ2v) is 7.67. The van der Waals surface area contributed by atoms with Crippen LogP contribution in [0.2, 0.25) is 0 Å². The SMILES string of the molecule is CC(C)C1=CCC=C1C(C)C.[Cl][Zr][Cl]. The number of halogens is 2. The molecule has 1 aliphatic rings. The first-order chi connectivity index (χ1) is 6.54. The molecule has 0 saturated heterocycles. The summed E-state index contributed by atoms with van der Waals surface area (Å²) >= 11 is -0.826. The zero-order valence-electron chi connectivity index (χ0n) is 9.27. The summed E-state index contributed by atoms with van der Waals surface area (Å²) in [6.07, 6.45) is 5.88. The molecule has 0 atom stereocenters. The van der Waals surface area contributed by atoms with Crippen LogP contribution in [-0.2, 0) is 20.8 Å². The van der Waals surface area contributed by atoms with E-state index in [0.29, 0.717) is 11.8 Å². The molecule has 1 aliphatic carbocycles. The standard InChI is InChI=1S/C11H18.2ClH.Zr/c1-8(2)10-6-5-7-11(10)9(3)4;;;/h6-9H,5H2,1-4H3;2*1H;/q;;;+2/p-2. The summed E-state index contributed by atoms with van der Waals surface area (Å²) in [5.74, 6) is 1.40. The van der Waals surface area contributed by atoms with Crippen molar-refractivity contribution in [2.75, 3.05) is 0 Å². The van der Waals surface area contributed by atoms with Gasteiger partial charge >= 0.3 is 37.9 Å². The predicted octanol–water partition coefficient (Wildman–Crippen LogP) is 4.93. The third-order valence-corrected chi connectivity index (χ3v) is 2.25. The zero-order valence-corrected chi connectivity index (χ0v) is 13.2. The van der Waals surface area contributed by atoms with Crippen LogP contribution in [0.1, 0.15) is 34.1 Å². The van der Waals surface area contributed by atoms with Crippen molar-refractivity contribution in [2.45, 2.75) is 34.1 Å². The van der Waals surface area contributed by atoms with Gasteiger partial charge in [0.15, 0.2) is 0 Å². The Hall–Kier alpha value is 0.943. The third kappa shape index (κ3) is 5.14. The van der Waals surface area contributed by atoms with Gasteiger partial charge in [-0.05, 0) is 29.4 Å². The van der Waals surface area contributed by atoms with Crippen molar-refractivity contribution in [3.8, 4) is 0 Å². The van der Waals surface area contributed by atoms with Gasteiger partial charge in [-0.3, -0.25) is 0 Å².